The van der Waals surface area contributed by atoms with Crippen molar-refractivity contribution in [1.29, 1.82) is 0 Å². The predicted molar refractivity (Wildman–Crippen MR) is 77.4 cm³/mol. The number of aromatic nitrogens is 1. The van der Waals surface area contributed by atoms with E-state index in [1.54, 1.807) is 12.3 Å². The second kappa shape index (κ2) is 5.21. The van der Waals surface area contributed by atoms with Crippen LogP contribution in [-0.4, -0.2) is 24.5 Å². The van der Waals surface area contributed by atoms with E-state index in [1.165, 1.54) is 18.9 Å². The number of anilines is 2. The summed E-state index contributed by atoms with van der Waals surface area (Å²) < 4.78 is 5.14. The van der Waals surface area contributed by atoms with Crippen molar-refractivity contribution in [2.75, 3.05) is 24.3 Å². The maximum absolute atomic E-state index is 12.3. The molecule has 1 aliphatic rings. The fraction of sp³-hybridized carbons (Fsp3) is 0.200. The minimum Gasteiger partial charge on any atom is -0.494 e. The Kier molecular flexibility index (Phi) is 3.25. The standard InChI is InChI=1S/C15H15N3O2/c1-20-14-9-16-6-5-12(14)15(19)18-11-2-3-13-10(8-11)4-7-17-13/h2-3,5-6,8-9,17H,4,7H2,1H3,(H,18,19). The lowest BCUT2D eigenvalue weighted by molar-refractivity contribution is 0.102. The summed E-state index contributed by atoms with van der Waals surface area (Å²) >= 11 is 0. The molecule has 0 unspecified atom stereocenters. The van der Waals surface area contributed by atoms with Crippen LogP contribution in [0.25, 0.3) is 0 Å². The highest BCUT2D eigenvalue weighted by Crippen LogP contribution is 2.26. The maximum Gasteiger partial charge on any atom is 0.259 e. The summed E-state index contributed by atoms with van der Waals surface area (Å²) in [7, 11) is 1.52. The third-order valence-corrected chi connectivity index (χ3v) is 3.32. The van der Waals surface area contributed by atoms with E-state index in [9.17, 15) is 4.79 Å². The molecule has 1 amide bonds. The van der Waals surface area contributed by atoms with Gasteiger partial charge in [0, 0.05) is 24.1 Å². The van der Waals surface area contributed by atoms with E-state index in [2.05, 4.69) is 15.6 Å². The van der Waals surface area contributed by atoms with Gasteiger partial charge in [-0.1, -0.05) is 0 Å². The van der Waals surface area contributed by atoms with E-state index in [1.807, 2.05) is 18.2 Å². The Labute approximate surface area is 117 Å². The molecule has 5 heteroatoms. The first kappa shape index (κ1) is 12.5. The molecular weight excluding hydrogens is 254 g/mol. The molecule has 3 rings (SSSR count). The number of nitrogens with zero attached hydrogens (tertiary/aromatic N) is 1. The molecule has 0 atom stereocenters. The van der Waals surface area contributed by atoms with Crippen LogP contribution in [0.2, 0.25) is 0 Å². The Balaban J connectivity index is 1.82. The highest BCUT2D eigenvalue weighted by atomic mass is 16.5. The zero-order chi connectivity index (χ0) is 13.9. The topological polar surface area (TPSA) is 63.2 Å². The molecule has 0 saturated carbocycles. The van der Waals surface area contributed by atoms with Gasteiger partial charge in [0.15, 0.2) is 0 Å². The van der Waals surface area contributed by atoms with E-state index in [4.69, 9.17) is 4.74 Å². The van der Waals surface area contributed by atoms with Gasteiger partial charge in [-0.15, -0.1) is 0 Å². The van der Waals surface area contributed by atoms with Crippen LogP contribution in [0.5, 0.6) is 5.75 Å². The van der Waals surface area contributed by atoms with Crippen molar-refractivity contribution < 1.29 is 9.53 Å². The minimum atomic E-state index is -0.199. The lowest BCUT2D eigenvalue weighted by Crippen LogP contribution is -2.13. The second-order valence-electron chi connectivity index (χ2n) is 4.58. The Bertz CT molecular complexity index is 655. The van der Waals surface area contributed by atoms with Gasteiger partial charge in [0.05, 0.1) is 18.9 Å². The molecule has 0 spiro atoms. The number of nitrogens with one attached hydrogen (secondary N) is 2. The highest BCUT2D eigenvalue weighted by molar-refractivity contribution is 6.06. The molecule has 20 heavy (non-hydrogen) atoms. The van der Waals surface area contributed by atoms with Crippen LogP contribution in [-0.2, 0) is 6.42 Å². The first-order valence-electron chi connectivity index (χ1n) is 6.44. The van der Waals surface area contributed by atoms with E-state index < -0.39 is 0 Å². The van der Waals surface area contributed by atoms with Crippen molar-refractivity contribution >= 4 is 17.3 Å². The fourth-order valence-electron chi connectivity index (χ4n) is 2.31. The number of benzene rings is 1. The SMILES string of the molecule is COc1cnccc1C(=O)Nc1ccc2c(c1)CCN2. The Morgan fingerprint density at radius 1 is 1.40 bits per heavy atom. The number of methoxy groups -OCH3 is 1. The van der Waals surface area contributed by atoms with Crippen molar-refractivity contribution in [2.24, 2.45) is 0 Å². The Morgan fingerprint density at radius 2 is 2.30 bits per heavy atom. The number of hydrogen-bond acceptors (Lipinski definition) is 4. The number of ether oxygens (including phenoxy) is 1. The summed E-state index contributed by atoms with van der Waals surface area (Å²) in [5, 5.41) is 6.18. The number of hydrogen-bond donors (Lipinski definition) is 2. The molecular formula is C15H15N3O2. The molecule has 1 aliphatic heterocycles. The van der Waals surface area contributed by atoms with Gasteiger partial charge in [0.1, 0.15) is 5.75 Å². The first-order chi connectivity index (χ1) is 9.78. The average molecular weight is 269 g/mol. The second-order valence-corrected chi connectivity index (χ2v) is 4.58. The van der Waals surface area contributed by atoms with Crippen LogP contribution < -0.4 is 15.4 Å². The van der Waals surface area contributed by atoms with Gasteiger partial charge in [0.2, 0.25) is 0 Å². The van der Waals surface area contributed by atoms with Crippen LogP contribution in [0.3, 0.4) is 0 Å². The molecule has 0 bridgehead atoms. The van der Waals surface area contributed by atoms with Crippen molar-refractivity contribution in [1.82, 2.24) is 4.98 Å². The van der Waals surface area contributed by atoms with E-state index in [0.29, 0.717) is 11.3 Å². The lowest BCUT2D eigenvalue weighted by Gasteiger charge is -2.09. The van der Waals surface area contributed by atoms with Gasteiger partial charge < -0.3 is 15.4 Å². The summed E-state index contributed by atoms with van der Waals surface area (Å²) in [6.45, 7) is 0.949. The number of fused-ring (bicyclic) bond motifs is 1. The smallest absolute Gasteiger partial charge is 0.259 e. The predicted octanol–water partition coefficient (Wildman–Crippen LogP) is 2.31. The van der Waals surface area contributed by atoms with Gasteiger partial charge in [-0.25, -0.2) is 0 Å². The zero-order valence-corrected chi connectivity index (χ0v) is 11.1. The summed E-state index contributed by atoms with van der Waals surface area (Å²) in [6, 6.07) is 7.52. The van der Waals surface area contributed by atoms with E-state index in [-0.39, 0.29) is 5.91 Å². The molecule has 2 N–H and O–H groups in total. The average Bonchev–Trinajstić information content (AvgIpc) is 2.94. The van der Waals surface area contributed by atoms with Crippen LogP contribution in [0.4, 0.5) is 11.4 Å². The third-order valence-electron chi connectivity index (χ3n) is 3.32. The van der Waals surface area contributed by atoms with Crippen molar-refractivity contribution in [3.05, 3.63) is 47.8 Å². The Hall–Kier alpha value is -2.56. The number of pyridine rings is 1. The molecule has 102 valence electrons. The van der Waals surface area contributed by atoms with Gasteiger partial charge in [0.25, 0.3) is 5.91 Å². The summed E-state index contributed by atoms with van der Waals surface area (Å²) in [5.41, 5.74) is 3.63. The largest absolute Gasteiger partial charge is 0.494 e. The Morgan fingerprint density at radius 3 is 3.15 bits per heavy atom. The number of rotatable bonds is 3. The first-order valence-corrected chi connectivity index (χ1v) is 6.44. The van der Waals surface area contributed by atoms with Crippen LogP contribution in [0.15, 0.2) is 36.7 Å². The molecule has 0 aliphatic carbocycles. The van der Waals surface area contributed by atoms with Gasteiger partial charge in [-0.05, 0) is 36.2 Å². The molecule has 1 aromatic carbocycles. The highest BCUT2D eigenvalue weighted by Gasteiger charge is 2.14. The molecule has 1 aromatic heterocycles. The number of amides is 1. The van der Waals surface area contributed by atoms with E-state index >= 15 is 0 Å². The van der Waals surface area contributed by atoms with Gasteiger partial charge in [-0.2, -0.15) is 0 Å². The van der Waals surface area contributed by atoms with Crippen molar-refractivity contribution in [3.63, 3.8) is 0 Å². The monoisotopic (exact) mass is 269 g/mol. The molecule has 5 nitrogen and oxygen atoms in total. The summed E-state index contributed by atoms with van der Waals surface area (Å²) in [4.78, 5) is 16.2. The van der Waals surface area contributed by atoms with E-state index in [0.717, 1.165) is 24.3 Å². The van der Waals surface area contributed by atoms with Gasteiger partial charge >= 0.3 is 0 Å². The number of carbonyl (C=O) groups excluding carboxylic acids is 1. The third kappa shape index (κ3) is 2.30. The van der Waals surface area contributed by atoms with Crippen molar-refractivity contribution in [2.45, 2.75) is 6.42 Å². The summed E-state index contributed by atoms with van der Waals surface area (Å²) in [5.74, 6) is 0.267. The quantitative estimate of drug-likeness (QED) is 0.897. The molecule has 0 saturated heterocycles. The van der Waals surface area contributed by atoms with Crippen molar-refractivity contribution in [3.8, 4) is 5.75 Å². The molecule has 0 fully saturated rings. The molecule has 2 aromatic rings. The summed E-state index contributed by atoms with van der Waals surface area (Å²) in [6.07, 6.45) is 4.09. The fourth-order valence-corrected chi connectivity index (χ4v) is 2.31. The maximum atomic E-state index is 12.3. The molecule has 0 radical (unpaired) electrons. The van der Waals surface area contributed by atoms with Crippen LogP contribution in [0.1, 0.15) is 15.9 Å². The normalized spacial score (nSPS) is 12.4. The minimum absolute atomic E-state index is 0.199. The van der Waals surface area contributed by atoms with Crippen LogP contribution >= 0.6 is 0 Å². The molecule has 2 heterocycles. The number of carbonyl (C=O) groups is 1. The van der Waals surface area contributed by atoms with Crippen LogP contribution in [0, 0.1) is 0 Å². The zero-order valence-electron chi connectivity index (χ0n) is 11.1. The lowest BCUT2D eigenvalue weighted by atomic mass is 10.1. The van der Waals surface area contributed by atoms with Gasteiger partial charge in [-0.3, -0.25) is 9.78 Å².